The summed E-state index contributed by atoms with van der Waals surface area (Å²) in [6, 6.07) is 18.3. The number of benzene rings is 2. The van der Waals surface area contributed by atoms with Crippen LogP contribution in [0, 0.1) is 0 Å². The van der Waals surface area contributed by atoms with Gasteiger partial charge in [0.25, 0.3) is 0 Å². The molecule has 0 saturated carbocycles. The SMILES string of the molecule is O=C(CCCCC[C@H](NC(=O)CCc1ccccc1)C(=O)Nc1ccc2ncccc2c1)NO. The fourth-order valence-electron chi connectivity index (χ4n) is 3.69. The van der Waals surface area contributed by atoms with Crippen LogP contribution in [0.1, 0.15) is 44.1 Å². The minimum atomic E-state index is -0.695. The molecule has 0 spiro atoms. The normalized spacial score (nSPS) is 11.6. The summed E-state index contributed by atoms with van der Waals surface area (Å²) in [6.07, 6.45) is 5.17. The molecule has 1 heterocycles. The van der Waals surface area contributed by atoms with Gasteiger partial charge in [-0.15, -0.1) is 0 Å². The molecule has 0 bridgehead atoms. The first kappa shape index (κ1) is 24.9. The first-order valence-corrected chi connectivity index (χ1v) is 11.5. The number of aromatic nitrogens is 1. The van der Waals surface area contributed by atoms with Crippen molar-refractivity contribution in [2.24, 2.45) is 0 Å². The molecular weight excluding hydrogens is 432 g/mol. The molecule has 0 radical (unpaired) electrons. The van der Waals surface area contributed by atoms with Gasteiger partial charge in [-0.3, -0.25) is 24.6 Å². The van der Waals surface area contributed by atoms with Gasteiger partial charge in [-0.2, -0.15) is 0 Å². The van der Waals surface area contributed by atoms with Gasteiger partial charge in [-0.1, -0.05) is 49.2 Å². The van der Waals surface area contributed by atoms with E-state index >= 15 is 0 Å². The topological polar surface area (TPSA) is 120 Å². The Balaban J connectivity index is 1.59. The van der Waals surface area contributed by atoms with Crippen LogP contribution in [0.25, 0.3) is 10.9 Å². The fourth-order valence-corrected chi connectivity index (χ4v) is 3.69. The van der Waals surface area contributed by atoms with Crippen LogP contribution in [0.3, 0.4) is 0 Å². The zero-order chi connectivity index (χ0) is 24.2. The molecule has 2 aromatic carbocycles. The lowest BCUT2D eigenvalue weighted by Gasteiger charge is -2.19. The van der Waals surface area contributed by atoms with E-state index in [-0.39, 0.29) is 24.7 Å². The van der Waals surface area contributed by atoms with E-state index in [9.17, 15) is 14.4 Å². The van der Waals surface area contributed by atoms with Crippen LogP contribution < -0.4 is 16.1 Å². The maximum absolute atomic E-state index is 13.0. The molecule has 8 heteroatoms. The zero-order valence-corrected chi connectivity index (χ0v) is 19.0. The minimum absolute atomic E-state index is 0.189. The predicted molar refractivity (Wildman–Crippen MR) is 130 cm³/mol. The number of carbonyl (C=O) groups is 3. The third kappa shape index (κ3) is 7.97. The van der Waals surface area contributed by atoms with Crippen molar-refractivity contribution >= 4 is 34.3 Å². The van der Waals surface area contributed by atoms with E-state index < -0.39 is 11.9 Å². The van der Waals surface area contributed by atoms with Gasteiger partial charge in [0.15, 0.2) is 0 Å². The number of hydroxylamine groups is 1. The Bertz CT molecular complexity index is 1100. The molecule has 3 amide bonds. The third-order valence-corrected chi connectivity index (χ3v) is 5.53. The number of unbranched alkanes of at least 4 members (excludes halogenated alkanes) is 2. The highest BCUT2D eigenvalue weighted by molar-refractivity contribution is 5.98. The van der Waals surface area contributed by atoms with E-state index in [2.05, 4.69) is 15.6 Å². The fraction of sp³-hybridized carbons (Fsp3) is 0.308. The summed E-state index contributed by atoms with van der Waals surface area (Å²) in [5, 5.41) is 15.3. The zero-order valence-electron chi connectivity index (χ0n) is 19.0. The van der Waals surface area contributed by atoms with Gasteiger partial charge in [0.1, 0.15) is 6.04 Å². The Labute approximate surface area is 198 Å². The first-order valence-electron chi connectivity index (χ1n) is 11.5. The molecule has 0 saturated heterocycles. The Morgan fingerprint density at radius 3 is 2.50 bits per heavy atom. The number of nitrogens with zero attached hydrogens (tertiary/aromatic N) is 1. The lowest BCUT2D eigenvalue weighted by atomic mass is 10.0. The highest BCUT2D eigenvalue weighted by Crippen LogP contribution is 2.18. The highest BCUT2D eigenvalue weighted by atomic mass is 16.5. The Kier molecular flexibility index (Phi) is 9.54. The maximum atomic E-state index is 13.0. The van der Waals surface area contributed by atoms with Gasteiger partial charge in [-0.05, 0) is 49.1 Å². The van der Waals surface area contributed by atoms with Crippen molar-refractivity contribution < 1.29 is 19.6 Å². The van der Waals surface area contributed by atoms with Crippen molar-refractivity contribution in [2.75, 3.05) is 5.32 Å². The number of anilines is 1. The molecular formula is C26H30N4O4. The number of hydrogen-bond acceptors (Lipinski definition) is 5. The second kappa shape index (κ2) is 13.1. The minimum Gasteiger partial charge on any atom is -0.344 e. The van der Waals surface area contributed by atoms with Crippen LogP contribution in [0.5, 0.6) is 0 Å². The van der Waals surface area contributed by atoms with E-state index in [4.69, 9.17) is 5.21 Å². The smallest absolute Gasteiger partial charge is 0.246 e. The van der Waals surface area contributed by atoms with Crippen LogP contribution in [-0.4, -0.2) is 34.0 Å². The molecule has 0 aliphatic carbocycles. The number of rotatable bonds is 12. The van der Waals surface area contributed by atoms with Crippen LogP contribution in [0.4, 0.5) is 5.69 Å². The second-order valence-electron chi connectivity index (χ2n) is 8.14. The number of pyridine rings is 1. The lowest BCUT2D eigenvalue weighted by Crippen LogP contribution is -2.43. The van der Waals surface area contributed by atoms with Crippen LogP contribution in [0.2, 0.25) is 0 Å². The molecule has 1 aromatic heterocycles. The Hall–Kier alpha value is -3.78. The standard InChI is InChI=1S/C26H30N4O4/c31-24(16-13-19-8-3-1-4-9-19)29-23(11-5-2-6-12-25(32)30-34)26(33)28-21-14-15-22-20(18-21)10-7-17-27-22/h1,3-4,7-10,14-15,17-18,23,34H,2,5-6,11-13,16H2,(H,28,33)(H,29,31)(H,30,32)/t23-/m0/s1. The molecule has 4 N–H and O–H groups in total. The summed E-state index contributed by atoms with van der Waals surface area (Å²) in [5.74, 6) is -0.912. The average Bonchev–Trinajstić information content (AvgIpc) is 2.86. The van der Waals surface area contributed by atoms with Crippen molar-refractivity contribution in [3.63, 3.8) is 0 Å². The predicted octanol–water partition coefficient (Wildman–Crippen LogP) is 3.75. The van der Waals surface area contributed by atoms with Crippen molar-refractivity contribution in [3.8, 4) is 0 Å². The molecule has 34 heavy (non-hydrogen) atoms. The van der Waals surface area contributed by atoms with Gasteiger partial charge in [0, 0.05) is 30.1 Å². The van der Waals surface area contributed by atoms with E-state index in [1.54, 1.807) is 17.7 Å². The molecule has 1 atom stereocenters. The van der Waals surface area contributed by atoms with Gasteiger partial charge in [0.05, 0.1) is 5.52 Å². The van der Waals surface area contributed by atoms with Crippen molar-refractivity contribution in [3.05, 3.63) is 72.4 Å². The van der Waals surface area contributed by atoms with Crippen molar-refractivity contribution in [1.29, 1.82) is 0 Å². The van der Waals surface area contributed by atoms with Gasteiger partial charge >= 0.3 is 0 Å². The maximum Gasteiger partial charge on any atom is 0.246 e. The summed E-state index contributed by atoms with van der Waals surface area (Å²) in [6.45, 7) is 0. The van der Waals surface area contributed by atoms with Crippen LogP contribution in [-0.2, 0) is 20.8 Å². The summed E-state index contributed by atoms with van der Waals surface area (Å²) < 4.78 is 0. The number of hydrogen-bond donors (Lipinski definition) is 4. The quantitative estimate of drug-likeness (QED) is 0.186. The number of aryl methyl sites for hydroxylation is 1. The molecule has 0 aliphatic rings. The summed E-state index contributed by atoms with van der Waals surface area (Å²) in [5.41, 5.74) is 4.14. The summed E-state index contributed by atoms with van der Waals surface area (Å²) in [4.78, 5) is 41.1. The molecule has 0 aliphatic heterocycles. The number of amides is 3. The summed E-state index contributed by atoms with van der Waals surface area (Å²) >= 11 is 0. The van der Waals surface area contributed by atoms with Crippen molar-refractivity contribution in [2.45, 2.75) is 51.0 Å². The molecule has 8 nitrogen and oxygen atoms in total. The number of fused-ring (bicyclic) bond motifs is 1. The molecule has 0 unspecified atom stereocenters. The number of carbonyl (C=O) groups excluding carboxylic acids is 3. The van der Waals surface area contributed by atoms with Crippen LogP contribution in [0.15, 0.2) is 66.9 Å². The second-order valence-corrected chi connectivity index (χ2v) is 8.14. The molecule has 3 rings (SSSR count). The van der Waals surface area contributed by atoms with E-state index in [1.165, 1.54) is 0 Å². The van der Waals surface area contributed by atoms with E-state index in [1.807, 2.05) is 54.6 Å². The molecule has 0 fully saturated rings. The molecule has 178 valence electrons. The van der Waals surface area contributed by atoms with Gasteiger partial charge in [0.2, 0.25) is 17.7 Å². The molecule has 3 aromatic rings. The van der Waals surface area contributed by atoms with Gasteiger partial charge < -0.3 is 10.6 Å². The largest absolute Gasteiger partial charge is 0.344 e. The monoisotopic (exact) mass is 462 g/mol. The van der Waals surface area contributed by atoms with E-state index in [0.29, 0.717) is 37.8 Å². The van der Waals surface area contributed by atoms with E-state index in [0.717, 1.165) is 16.5 Å². The third-order valence-electron chi connectivity index (χ3n) is 5.53. The first-order chi connectivity index (χ1) is 16.5. The number of nitrogens with one attached hydrogen (secondary N) is 3. The average molecular weight is 463 g/mol. The lowest BCUT2D eigenvalue weighted by molar-refractivity contribution is -0.129. The summed E-state index contributed by atoms with van der Waals surface area (Å²) in [7, 11) is 0. The Morgan fingerprint density at radius 2 is 1.71 bits per heavy atom. The van der Waals surface area contributed by atoms with Crippen LogP contribution >= 0.6 is 0 Å². The highest BCUT2D eigenvalue weighted by Gasteiger charge is 2.21. The van der Waals surface area contributed by atoms with Gasteiger partial charge in [-0.25, -0.2) is 5.48 Å². The van der Waals surface area contributed by atoms with Crippen molar-refractivity contribution in [1.82, 2.24) is 15.8 Å². The Morgan fingerprint density at radius 1 is 0.882 bits per heavy atom.